The van der Waals surface area contributed by atoms with Gasteiger partial charge in [-0.2, -0.15) is 0 Å². The Morgan fingerprint density at radius 1 is 1.00 bits per heavy atom. The molecule has 7 heteroatoms. The zero-order valence-electron chi connectivity index (χ0n) is 19.8. The second kappa shape index (κ2) is 9.64. The molecule has 0 aromatic heterocycles. The first-order valence-electron chi connectivity index (χ1n) is 11.8. The van der Waals surface area contributed by atoms with Gasteiger partial charge in [0.1, 0.15) is 0 Å². The van der Waals surface area contributed by atoms with Crippen LogP contribution in [0, 0.1) is 0 Å². The number of nitrogens with one attached hydrogen (secondary N) is 2. The van der Waals surface area contributed by atoms with E-state index in [0.717, 1.165) is 54.2 Å². The minimum atomic E-state index is -0.440. The van der Waals surface area contributed by atoms with Crippen LogP contribution in [0.15, 0.2) is 72.9 Å². The number of amides is 2. The van der Waals surface area contributed by atoms with E-state index in [1.165, 1.54) is 5.69 Å². The monoisotopic (exact) mass is 467 g/mol. The van der Waals surface area contributed by atoms with E-state index in [9.17, 15) is 9.59 Å². The second-order valence-electron chi connectivity index (χ2n) is 9.12. The van der Waals surface area contributed by atoms with E-state index in [-0.39, 0.29) is 5.91 Å². The Bertz CT molecular complexity index is 1290. The Labute approximate surface area is 205 Å². The third-order valence-corrected chi connectivity index (χ3v) is 6.61. The number of anilines is 3. The number of rotatable bonds is 6. The van der Waals surface area contributed by atoms with Gasteiger partial charge in [-0.25, -0.2) is 0 Å². The predicted molar refractivity (Wildman–Crippen MR) is 141 cm³/mol. The van der Waals surface area contributed by atoms with E-state index < -0.39 is 5.91 Å². The number of fused-ring (bicyclic) bond motifs is 1. The largest absolute Gasteiger partial charge is 0.369 e. The van der Waals surface area contributed by atoms with Crippen LogP contribution >= 0.6 is 0 Å². The van der Waals surface area contributed by atoms with Crippen LogP contribution in [0.2, 0.25) is 0 Å². The molecule has 4 N–H and O–H groups in total. The van der Waals surface area contributed by atoms with E-state index in [1.54, 1.807) is 18.3 Å². The minimum Gasteiger partial charge on any atom is -0.369 e. The maximum absolute atomic E-state index is 12.6. The quantitative estimate of drug-likeness (QED) is 0.483. The van der Waals surface area contributed by atoms with Gasteiger partial charge in [-0.05, 0) is 67.1 Å². The molecule has 3 aromatic carbocycles. The number of carbonyl (C=O) groups is 2. The zero-order chi connectivity index (χ0) is 24.4. The van der Waals surface area contributed by atoms with Gasteiger partial charge in [0.25, 0.3) is 5.91 Å². The molecule has 0 aliphatic carbocycles. The number of nitrogens with zero attached hydrogens (tertiary/aromatic N) is 2. The van der Waals surface area contributed by atoms with Gasteiger partial charge >= 0.3 is 0 Å². The van der Waals surface area contributed by atoms with Crippen LogP contribution in [0.3, 0.4) is 0 Å². The summed E-state index contributed by atoms with van der Waals surface area (Å²) in [6.07, 6.45) is 2.41. The normalized spacial score (nSPS) is 16.8. The highest BCUT2D eigenvalue weighted by Crippen LogP contribution is 2.33. The Hall–Kier alpha value is -4.10. The van der Waals surface area contributed by atoms with Crippen molar-refractivity contribution in [3.63, 3.8) is 0 Å². The topological polar surface area (TPSA) is 90.7 Å². The van der Waals surface area contributed by atoms with Gasteiger partial charge in [0.2, 0.25) is 5.91 Å². The van der Waals surface area contributed by atoms with Crippen molar-refractivity contribution in [2.24, 2.45) is 5.73 Å². The molecule has 0 saturated carbocycles. The van der Waals surface area contributed by atoms with Crippen LogP contribution in [-0.4, -0.2) is 49.9 Å². The molecule has 35 heavy (non-hydrogen) atoms. The number of hydrogen-bond acceptors (Lipinski definition) is 5. The van der Waals surface area contributed by atoms with Gasteiger partial charge in [-0.3, -0.25) is 9.59 Å². The zero-order valence-corrected chi connectivity index (χ0v) is 19.8. The van der Waals surface area contributed by atoms with Gasteiger partial charge < -0.3 is 26.2 Å². The Balaban J connectivity index is 1.27. The van der Waals surface area contributed by atoms with E-state index in [2.05, 4.69) is 39.6 Å². The molecule has 0 radical (unpaired) electrons. The van der Waals surface area contributed by atoms with Crippen LogP contribution in [0.1, 0.15) is 27.0 Å². The number of primary amides is 1. The average Bonchev–Trinajstić information content (AvgIpc) is 3.17. The highest BCUT2D eigenvalue weighted by Gasteiger charge is 2.24. The number of piperazine rings is 1. The molecule has 2 aliphatic heterocycles. The molecule has 0 atom stereocenters. The molecule has 5 rings (SSSR count). The van der Waals surface area contributed by atoms with E-state index in [0.29, 0.717) is 17.6 Å². The molecule has 7 nitrogen and oxygen atoms in total. The number of nitrogens with two attached hydrogens (primary N) is 1. The molecule has 2 heterocycles. The molecule has 0 bridgehead atoms. The molecular weight excluding hydrogens is 438 g/mol. The van der Waals surface area contributed by atoms with Crippen LogP contribution in [0.5, 0.6) is 0 Å². The van der Waals surface area contributed by atoms with Crippen molar-refractivity contribution in [3.05, 3.63) is 95.2 Å². The summed E-state index contributed by atoms with van der Waals surface area (Å²) in [6.45, 7) is 4.20. The van der Waals surface area contributed by atoms with Gasteiger partial charge in [0.15, 0.2) is 0 Å². The summed E-state index contributed by atoms with van der Waals surface area (Å²) >= 11 is 0. The average molecular weight is 468 g/mol. The SMILES string of the molecule is CN1CCN(c2ccc(NC=C3C(=O)Nc4cc(Cc5cccc(C(N)=O)c5)ccc43)cc2)CC1. The van der Waals surface area contributed by atoms with Gasteiger partial charge in [0, 0.05) is 60.6 Å². The van der Waals surface area contributed by atoms with E-state index in [4.69, 9.17) is 5.73 Å². The fourth-order valence-electron chi connectivity index (χ4n) is 4.55. The predicted octanol–water partition coefficient (Wildman–Crippen LogP) is 3.53. The fraction of sp³-hybridized carbons (Fsp3) is 0.214. The van der Waals surface area contributed by atoms with E-state index in [1.807, 2.05) is 42.5 Å². The highest BCUT2D eigenvalue weighted by atomic mass is 16.2. The lowest BCUT2D eigenvalue weighted by Gasteiger charge is -2.34. The first-order chi connectivity index (χ1) is 17.0. The van der Waals surface area contributed by atoms with Crippen molar-refractivity contribution in [1.29, 1.82) is 0 Å². The summed E-state index contributed by atoms with van der Waals surface area (Å²) in [5, 5.41) is 6.24. The fourth-order valence-corrected chi connectivity index (χ4v) is 4.55. The highest BCUT2D eigenvalue weighted by molar-refractivity contribution is 6.31. The van der Waals surface area contributed by atoms with Crippen molar-refractivity contribution in [3.8, 4) is 0 Å². The van der Waals surface area contributed by atoms with Gasteiger partial charge in [-0.1, -0.05) is 24.3 Å². The summed E-state index contributed by atoms with van der Waals surface area (Å²) in [5.41, 5.74) is 12.3. The van der Waals surface area contributed by atoms with Gasteiger partial charge in [0.05, 0.1) is 5.57 Å². The standard InChI is InChI=1S/C28H29N5O2/c1-32-11-13-33(14-12-32)23-8-6-22(7-9-23)30-18-25-24-10-5-20(17-26(24)31-28(25)35)15-19-3-2-4-21(16-19)27(29)34/h2-10,16-18,30H,11-15H2,1H3,(H2,29,34)(H,31,35). The summed E-state index contributed by atoms with van der Waals surface area (Å²) < 4.78 is 0. The Kier molecular flexibility index (Phi) is 6.25. The Morgan fingerprint density at radius 2 is 1.74 bits per heavy atom. The van der Waals surface area contributed by atoms with Crippen LogP contribution in [-0.2, 0) is 11.2 Å². The molecule has 1 saturated heterocycles. The summed E-state index contributed by atoms with van der Waals surface area (Å²) in [7, 11) is 2.15. The lowest BCUT2D eigenvalue weighted by Crippen LogP contribution is -2.44. The first kappa shape index (κ1) is 22.7. The third kappa shape index (κ3) is 5.05. The number of benzene rings is 3. The minimum absolute atomic E-state index is 0.130. The third-order valence-electron chi connectivity index (χ3n) is 6.61. The summed E-state index contributed by atoms with van der Waals surface area (Å²) in [6, 6.07) is 21.6. The molecule has 3 aromatic rings. The van der Waals surface area contributed by atoms with Crippen molar-refractivity contribution < 1.29 is 9.59 Å². The van der Waals surface area contributed by atoms with Crippen molar-refractivity contribution in [2.45, 2.75) is 6.42 Å². The van der Waals surface area contributed by atoms with Crippen molar-refractivity contribution in [1.82, 2.24) is 4.90 Å². The molecule has 1 fully saturated rings. The maximum Gasteiger partial charge on any atom is 0.257 e. The second-order valence-corrected chi connectivity index (χ2v) is 9.12. The molecule has 2 aliphatic rings. The van der Waals surface area contributed by atoms with E-state index >= 15 is 0 Å². The summed E-state index contributed by atoms with van der Waals surface area (Å²) in [5.74, 6) is -0.571. The lowest BCUT2D eigenvalue weighted by molar-refractivity contribution is -0.110. The number of likely N-dealkylation sites (N-methyl/N-ethyl adjacent to an activating group) is 1. The molecule has 2 amide bonds. The molecular formula is C28H29N5O2. The molecule has 178 valence electrons. The van der Waals surface area contributed by atoms with Crippen LogP contribution in [0.4, 0.5) is 17.1 Å². The first-order valence-corrected chi connectivity index (χ1v) is 11.8. The number of hydrogen-bond donors (Lipinski definition) is 3. The lowest BCUT2D eigenvalue weighted by atomic mass is 9.99. The smallest absolute Gasteiger partial charge is 0.257 e. The van der Waals surface area contributed by atoms with Gasteiger partial charge in [-0.15, -0.1) is 0 Å². The van der Waals surface area contributed by atoms with Crippen molar-refractivity contribution in [2.75, 3.05) is 48.8 Å². The maximum atomic E-state index is 12.6. The Morgan fingerprint density at radius 3 is 2.49 bits per heavy atom. The van der Waals surface area contributed by atoms with Crippen molar-refractivity contribution >= 4 is 34.4 Å². The summed E-state index contributed by atoms with van der Waals surface area (Å²) in [4.78, 5) is 28.8. The van der Waals surface area contributed by atoms with Crippen LogP contribution < -0.4 is 21.3 Å². The molecule has 0 spiro atoms. The number of carbonyl (C=O) groups excluding carboxylic acids is 2. The molecule has 0 unspecified atom stereocenters. The van der Waals surface area contributed by atoms with Crippen LogP contribution in [0.25, 0.3) is 5.57 Å².